The second-order valence-electron chi connectivity index (χ2n) is 5.60. The molecule has 0 aliphatic carbocycles. The first-order valence-electron chi connectivity index (χ1n) is 7.67. The van der Waals surface area contributed by atoms with Gasteiger partial charge in [-0.25, -0.2) is 0 Å². The van der Waals surface area contributed by atoms with Gasteiger partial charge in [0.15, 0.2) is 11.5 Å². The van der Waals surface area contributed by atoms with Crippen molar-refractivity contribution in [2.45, 2.75) is 6.92 Å². The SMILES string of the molecule is Cc1ccc([N+](=O)[O-])cc1NC(=O)C=Cc1cc2c(cc1[N+](=O)[O-])OCO2. The number of non-ortho nitro benzene ring substituents is 1. The van der Waals surface area contributed by atoms with Gasteiger partial charge in [0.05, 0.1) is 27.2 Å². The number of nitrogens with one attached hydrogen (secondary N) is 1. The van der Waals surface area contributed by atoms with Crippen LogP contribution in [-0.4, -0.2) is 22.5 Å². The van der Waals surface area contributed by atoms with Crippen LogP contribution in [0.1, 0.15) is 11.1 Å². The van der Waals surface area contributed by atoms with Crippen LogP contribution in [0.25, 0.3) is 6.08 Å². The molecular weight excluding hydrogens is 358 g/mol. The van der Waals surface area contributed by atoms with Crippen LogP contribution in [0.5, 0.6) is 11.5 Å². The number of hydrogen-bond donors (Lipinski definition) is 1. The van der Waals surface area contributed by atoms with E-state index in [2.05, 4.69) is 5.32 Å². The van der Waals surface area contributed by atoms with Crippen molar-refractivity contribution in [3.63, 3.8) is 0 Å². The molecule has 3 rings (SSSR count). The monoisotopic (exact) mass is 371 g/mol. The molecule has 1 amide bonds. The number of anilines is 1. The highest BCUT2D eigenvalue weighted by Gasteiger charge is 2.22. The summed E-state index contributed by atoms with van der Waals surface area (Å²) in [7, 11) is 0. The summed E-state index contributed by atoms with van der Waals surface area (Å²) in [5.74, 6) is 0.0104. The summed E-state index contributed by atoms with van der Waals surface area (Å²) in [4.78, 5) is 33.0. The summed E-state index contributed by atoms with van der Waals surface area (Å²) < 4.78 is 10.3. The standard InChI is InChI=1S/C17H13N3O7/c1-10-2-4-12(19(22)23)7-13(10)18-17(21)5-3-11-6-15-16(27-9-26-15)8-14(11)20(24)25/h2-8H,9H2,1H3,(H,18,21). The van der Waals surface area contributed by atoms with E-state index in [1.54, 1.807) is 6.92 Å². The van der Waals surface area contributed by atoms with Gasteiger partial charge in [0, 0.05) is 18.2 Å². The Balaban J connectivity index is 1.83. The van der Waals surface area contributed by atoms with Gasteiger partial charge in [-0.2, -0.15) is 0 Å². The Labute approximate surface area is 152 Å². The lowest BCUT2D eigenvalue weighted by molar-refractivity contribution is -0.385. The predicted molar refractivity (Wildman–Crippen MR) is 94.7 cm³/mol. The number of fused-ring (bicyclic) bond motifs is 1. The molecule has 1 aliphatic heterocycles. The van der Waals surface area contributed by atoms with E-state index in [9.17, 15) is 25.0 Å². The Morgan fingerprint density at radius 2 is 1.81 bits per heavy atom. The quantitative estimate of drug-likeness (QED) is 0.484. The molecule has 0 saturated heterocycles. The van der Waals surface area contributed by atoms with Crippen molar-refractivity contribution >= 4 is 29.0 Å². The molecule has 0 saturated carbocycles. The molecule has 2 aromatic carbocycles. The van der Waals surface area contributed by atoms with Gasteiger partial charge in [0.25, 0.3) is 11.4 Å². The average molecular weight is 371 g/mol. The first-order valence-corrected chi connectivity index (χ1v) is 7.67. The smallest absolute Gasteiger partial charge is 0.280 e. The van der Waals surface area contributed by atoms with Crippen molar-refractivity contribution in [2.75, 3.05) is 12.1 Å². The summed E-state index contributed by atoms with van der Waals surface area (Å²) in [6.07, 6.45) is 2.37. The Hall–Kier alpha value is -3.95. The first kappa shape index (κ1) is 17.9. The molecular formula is C17H13N3O7. The highest BCUT2D eigenvalue weighted by Crippen LogP contribution is 2.38. The first-order chi connectivity index (χ1) is 12.8. The van der Waals surface area contributed by atoms with Gasteiger partial charge in [0.1, 0.15) is 0 Å². The number of benzene rings is 2. The van der Waals surface area contributed by atoms with Gasteiger partial charge in [-0.05, 0) is 24.6 Å². The van der Waals surface area contributed by atoms with Gasteiger partial charge >= 0.3 is 0 Å². The van der Waals surface area contributed by atoms with Gasteiger partial charge < -0.3 is 14.8 Å². The second-order valence-corrected chi connectivity index (χ2v) is 5.60. The van der Waals surface area contributed by atoms with E-state index >= 15 is 0 Å². The van der Waals surface area contributed by atoms with Crippen LogP contribution in [0.15, 0.2) is 36.4 Å². The molecule has 0 radical (unpaired) electrons. The van der Waals surface area contributed by atoms with Crippen LogP contribution in [-0.2, 0) is 4.79 Å². The van der Waals surface area contributed by atoms with Crippen LogP contribution in [0, 0.1) is 27.2 Å². The van der Waals surface area contributed by atoms with E-state index in [1.165, 1.54) is 36.4 Å². The Bertz CT molecular complexity index is 985. The van der Waals surface area contributed by atoms with Crippen LogP contribution in [0.2, 0.25) is 0 Å². The highest BCUT2D eigenvalue weighted by molar-refractivity contribution is 6.02. The molecule has 2 aromatic rings. The molecule has 1 N–H and O–H groups in total. The number of ether oxygens (including phenoxy) is 2. The molecule has 1 aliphatic rings. The number of nitro benzene ring substituents is 2. The van der Waals surface area contributed by atoms with E-state index in [1.807, 2.05) is 0 Å². The van der Waals surface area contributed by atoms with Crippen molar-refractivity contribution in [1.82, 2.24) is 0 Å². The van der Waals surface area contributed by atoms with E-state index in [0.29, 0.717) is 11.3 Å². The molecule has 0 atom stereocenters. The van der Waals surface area contributed by atoms with Gasteiger partial charge in [-0.15, -0.1) is 0 Å². The molecule has 10 nitrogen and oxygen atoms in total. The number of carbonyl (C=O) groups is 1. The van der Waals surface area contributed by atoms with Gasteiger partial charge in [0.2, 0.25) is 12.7 Å². The Morgan fingerprint density at radius 3 is 2.48 bits per heavy atom. The third-order valence-electron chi connectivity index (χ3n) is 3.82. The number of hydrogen-bond acceptors (Lipinski definition) is 7. The summed E-state index contributed by atoms with van der Waals surface area (Å²) in [5.41, 5.74) is 0.673. The van der Waals surface area contributed by atoms with Crippen LogP contribution < -0.4 is 14.8 Å². The fraction of sp³-hybridized carbons (Fsp3) is 0.118. The van der Waals surface area contributed by atoms with Crippen molar-refractivity contribution in [1.29, 1.82) is 0 Å². The minimum Gasteiger partial charge on any atom is -0.454 e. The molecule has 1 heterocycles. The molecule has 10 heteroatoms. The largest absolute Gasteiger partial charge is 0.454 e. The molecule has 0 fully saturated rings. The summed E-state index contributed by atoms with van der Waals surface area (Å²) in [6, 6.07) is 6.72. The normalized spacial score (nSPS) is 12.2. The zero-order valence-electron chi connectivity index (χ0n) is 14.0. The Kier molecular flexibility index (Phi) is 4.71. The Morgan fingerprint density at radius 1 is 1.11 bits per heavy atom. The maximum Gasteiger partial charge on any atom is 0.280 e. The zero-order chi connectivity index (χ0) is 19.6. The van der Waals surface area contributed by atoms with E-state index in [4.69, 9.17) is 9.47 Å². The fourth-order valence-corrected chi connectivity index (χ4v) is 2.44. The molecule has 0 aromatic heterocycles. The maximum absolute atomic E-state index is 12.1. The third-order valence-corrected chi connectivity index (χ3v) is 3.82. The highest BCUT2D eigenvalue weighted by atomic mass is 16.7. The molecule has 0 unspecified atom stereocenters. The number of rotatable bonds is 5. The maximum atomic E-state index is 12.1. The molecule has 0 spiro atoms. The van der Waals surface area contributed by atoms with E-state index in [0.717, 1.165) is 6.08 Å². The van der Waals surface area contributed by atoms with Crippen molar-refractivity contribution in [3.05, 3.63) is 67.8 Å². The number of aryl methyl sites for hydroxylation is 1. The minimum atomic E-state index is -0.593. The molecule has 27 heavy (non-hydrogen) atoms. The summed E-state index contributed by atoms with van der Waals surface area (Å²) >= 11 is 0. The van der Waals surface area contributed by atoms with Crippen molar-refractivity contribution in [2.24, 2.45) is 0 Å². The topological polar surface area (TPSA) is 134 Å². The number of carbonyl (C=O) groups excluding carboxylic acids is 1. The van der Waals surface area contributed by atoms with Gasteiger partial charge in [-0.1, -0.05) is 6.07 Å². The number of nitro groups is 2. The lowest BCUT2D eigenvalue weighted by atomic mass is 10.1. The predicted octanol–water partition coefficient (Wildman–Crippen LogP) is 3.19. The summed E-state index contributed by atoms with van der Waals surface area (Å²) in [5, 5.41) is 24.6. The molecule has 0 bridgehead atoms. The number of nitrogens with zero attached hydrogens (tertiary/aromatic N) is 2. The van der Waals surface area contributed by atoms with Crippen molar-refractivity contribution in [3.8, 4) is 11.5 Å². The third kappa shape index (κ3) is 3.84. The van der Waals surface area contributed by atoms with E-state index < -0.39 is 15.8 Å². The van der Waals surface area contributed by atoms with Crippen LogP contribution in [0.3, 0.4) is 0 Å². The lowest BCUT2D eigenvalue weighted by Crippen LogP contribution is -2.09. The summed E-state index contributed by atoms with van der Waals surface area (Å²) in [6.45, 7) is 1.65. The minimum absolute atomic E-state index is 0.0355. The van der Waals surface area contributed by atoms with E-state index in [-0.39, 0.29) is 35.2 Å². The lowest BCUT2D eigenvalue weighted by Gasteiger charge is -2.06. The van der Waals surface area contributed by atoms with Crippen molar-refractivity contribution < 1.29 is 24.1 Å². The second kappa shape index (κ2) is 7.12. The van der Waals surface area contributed by atoms with Crippen LogP contribution >= 0.6 is 0 Å². The van der Waals surface area contributed by atoms with Crippen LogP contribution in [0.4, 0.5) is 17.1 Å². The fourth-order valence-electron chi connectivity index (χ4n) is 2.44. The average Bonchev–Trinajstić information content (AvgIpc) is 3.08. The zero-order valence-corrected chi connectivity index (χ0v) is 14.0. The number of amides is 1. The van der Waals surface area contributed by atoms with Gasteiger partial charge in [-0.3, -0.25) is 25.0 Å². The molecule has 138 valence electrons.